The molecule has 2 nitrogen and oxygen atoms in total. The molecule has 0 aromatic rings. The predicted molar refractivity (Wildman–Crippen MR) is 8.22 cm³/mol. The van der Waals surface area contributed by atoms with E-state index < -0.39 is 6.54 Å². The average molecular weight is 65.0 g/mol. The maximum Gasteiger partial charge on any atom is 0.404 e. The van der Waals surface area contributed by atoms with Crippen LogP contribution in [0.3, 0.4) is 0 Å². The second-order valence-electron chi connectivity index (χ2n) is 0.269. The molecule has 0 aliphatic heterocycles. The van der Waals surface area contributed by atoms with E-state index in [9.17, 15) is 4.39 Å². The average Bonchev–Trinajstić information content (AvgIpc) is 0.811. The number of halogens is 1. The zero-order chi connectivity index (χ0) is 3.58. The monoisotopic (exact) mass is 65.0 g/mol. The fourth-order valence-electron chi connectivity index (χ4n) is 0. The highest BCUT2D eigenvalue weighted by molar-refractivity contribution is 4.17. The molecule has 2 N–H and O–H groups in total. The molecule has 0 aromatic carbocycles. The summed E-state index contributed by atoms with van der Waals surface area (Å²) in [4.78, 5) is 0. The van der Waals surface area contributed by atoms with Crippen LogP contribution in [-0.4, -0.2) is 10.2 Å². The van der Waals surface area contributed by atoms with Gasteiger partial charge in [0.2, 0.25) is 0 Å². The molecule has 3 heteroatoms. The van der Waals surface area contributed by atoms with Crippen LogP contribution in [0.5, 0.6) is 0 Å². The van der Waals surface area contributed by atoms with Gasteiger partial charge in [-0.1, -0.05) is 0 Å². The highest BCUT2D eigenvalue weighted by atomic mass is 19.2. The van der Waals surface area contributed by atoms with E-state index >= 15 is 0 Å². The van der Waals surface area contributed by atoms with E-state index in [-0.39, 0.29) is 0 Å². The summed E-state index contributed by atoms with van der Waals surface area (Å²) in [6.45, 7) is -2.08. The molecule has 0 amide bonds. The molecule has 0 aromatic heterocycles. The van der Waals surface area contributed by atoms with Crippen LogP contribution >= 0.6 is 0 Å². The van der Waals surface area contributed by atoms with Crippen molar-refractivity contribution in [1.82, 2.24) is 0 Å². The zero-order valence-electron chi connectivity index (χ0n) is 1.77. The summed E-state index contributed by atoms with van der Waals surface area (Å²) in [5.74, 6) is 0. The van der Waals surface area contributed by atoms with Crippen molar-refractivity contribution in [3.05, 3.63) is 6.54 Å². The van der Waals surface area contributed by atoms with Crippen molar-refractivity contribution < 1.29 is 14.6 Å². The highest BCUT2D eigenvalue weighted by Crippen LogP contribution is 1.78. The van der Waals surface area contributed by atoms with Crippen LogP contribution in [-0.2, 0) is 0 Å². The number of aliphatic hydroxyl groups excluding tert-OH is 1. The normalized spacial score (nSPS) is 9.00. The van der Waals surface area contributed by atoms with E-state index in [0.29, 0.717) is 0 Å². The minimum absolute atomic E-state index is 2.08. The molecule has 0 heterocycles. The molecule has 0 unspecified atom stereocenters. The summed E-state index contributed by atoms with van der Waals surface area (Å²) in [7, 11) is 0. The minimum atomic E-state index is -2.08. The smallest absolute Gasteiger partial charge is 0.333 e. The van der Waals surface area contributed by atoms with Crippen molar-refractivity contribution in [2.75, 3.05) is 0 Å². The van der Waals surface area contributed by atoms with Gasteiger partial charge in [0, 0.05) is 0 Å². The first-order chi connectivity index (χ1) is 1.73. The highest BCUT2D eigenvalue weighted by Gasteiger charge is 1.83. The van der Waals surface area contributed by atoms with Gasteiger partial charge in [-0.05, 0) is 0 Å². The topological polar surface area (TPSA) is 40.5 Å². The number of hydrogen-bond donors (Lipinski definition) is 2. The Morgan fingerprint density at radius 1 is 1.50 bits per heavy atom. The summed E-state index contributed by atoms with van der Waals surface area (Å²) in [5.41, 5.74) is 0. The Labute approximate surface area is 22.5 Å². The SMILES string of the molecule is O[C](O)F. The van der Waals surface area contributed by atoms with Gasteiger partial charge in [0.05, 0.1) is 0 Å². The van der Waals surface area contributed by atoms with Gasteiger partial charge in [0.15, 0.2) is 0 Å². The Kier molecular flexibility index (Phi) is 1.16. The van der Waals surface area contributed by atoms with E-state index in [1.54, 1.807) is 0 Å². The Bertz CT molecular complexity index is 10.8. The quantitative estimate of drug-likeness (QED) is 0.421. The summed E-state index contributed by atoms with van der Waals surface area (Å²) in [6.07, 6.45) is 0. The van der Waals surface area contributed by atoms with Gasteiger partial charge in [0.25, 0.3) is 0 Å². The molecule has 0 aliphatic rings. The molecule has 0 fully saturated rings. The third-order valence-corrected chi connectivity index (χ3v) is 0. The predicted octanol–water partition coefficient (Wildman–Crippen LogP) is 0.148. The lowest BCUT2D eigenvalue weighted by atomic mass is 11.4. The molecule has 0 atom stereocenters. The van der Waals surface area contributed by atoms with Crippen LogP contribution in [0.2, 0.25) is 0 Å². The largest absolute Gasteiger partial charge is 0.404 e. The summed E-state index contributed by atoms with van der Waals surface area (Å²) < 4.78 is 10.0. The zero-order valence-corrected chi connectivity index (χ0v) is 1.77. The Morgan fingerprint density at radius 2 is 1.50 bits per heavy atom. The fourth-order valence-corrected chi connectivity index (χ4v) is 0. The van der Waals surface area contributed by atoms with Gasteiger partial charge < -0.3 is 10.2 Å². The van der Waals surface area contributed by atoms with Crippen LogP contribution in [0.1, 0.15) is 0 Å². The lowest BCUT2D eigenvalue weighted by Gasteiger charge is -1.70. The number of hydrogen-bond acceptors (Lipinski definition) is 2. The van der Waals surface area contributed by atoms with Gasteiger partial charge in [-0.2, -0.15) is 4.39 Å². The lowest BCUT2D eigenvalue weighted by molar-refractivity contribution is -0.0171. The lowest BCUT2D eigenvalue weighted by Crippen LogP contribution is -1.75. The second kappa shape index (κ2) is 1.20. The standard InChI is InChI=1S/CH2FO2/c2-1(3)4/h3-4H. The number of aliphatic hydroxyl groups is 2. The molecule has 1 radical (unpaired) electrons. The van der Waals surface area contributed by atoms with Crippen LogP contribution in [0.4, 0.5) is 4.39 Å². The van der Waals surface area contributed by atoms with Crippen molar-refractivity contribution in [1.29, 1.82) is 0 Å². The molecule has 0 spiro atoms. The summed E-state index contributed by atoms with van der Waals surface area (Å²) in [5, 5.41) is 13.7. The van der Waals surface area contributed by atoms with Gasteiger partial charge >= 0.3 is 6.54 Å². The molecule has 0 aliphatic carbocycles. The van der Waals surface area contributed by atoms with Crippen molar-refractivity contribution in [3.8, 4) is 0 Å². The minimum Gasteiger partial charge on any atom is -0.333 e. The first-order valence-electron chi connectivity index (χ1n) is 0.636. The third-order valence-electron chi connectivity index (χ3n) is 0. The summed E-state index contributed by atoms with van der Waals surface area (Å²) >= 11 is 0. The maximum atomic E-state index is 10.0. The third kappa shape index (κ3) is 59.4. The van der Waals surface area contributed by atoms with Crippen LogP contribution in [0.15, 0.2) is 0 Å². The molecule has 0 saturated heterocycles. The maximum absolute atomic E-state index is 10.0. The van der Waals surface area contributed by atoms with E-state index in [1.165, 1.54) is 0 Å². The van der Waals surface area contributed by atoms with Gasteiger partial charge in [-0.3, -0.25) is 0 Å². The molecular weight excluding hydrogens is 63.0 g/mol. The van der Waals surface area contributed by atoms with E-state index in [1.807, 2.05) is 0 Å². The second-order valence-corrected chi connectivity index (χ2v) is 0.269. The molecule has 25 valence electrons. The van der Waals surface area contributed by atoms with E-state index in [2.05, 4.69) is 0 Å². The fraction of sp³-hybridized carbons (Fsp3) is 0. The van der Waals surface area contributed by atoms with Gasteiger partial charge in [0.1, 0.15) is 0 Å². The van der Waals surface area contributed by atoms with Crippen molar-refractivity contribution in [2.45, 2.75) is 0 Å². The number of rotatable bonds is 0. The first-order valence-corrected chi connectivity index (χ1v) is 0.636. The molecule has 0 rings (SSSR count). The van der Waals surface area contributed by atoms with Crippen molar-refractivity contribution >= 4 is 0 Å². The van der Waals surface area contributed by atoms with Crippen LogP contribution in [0, 0.1) is 6.54 Å². The van der Waals surface area contributed by atoms with Crippen molar-refractivity contribution in [2.24, 2.45) is 0 Å². The van der Waals surface area contributed by atoms with E-state index in [4.69, 9.17) is 10.2 Å². The van der Waals surface area contributed by atoms with Crippen LogP contribution < -0.4 is 0 Å². The Balaban J connectivity index is 2.32. The van der Waals surface area contributed by atoms with E-state index in [0.717, 1.165) is 0 Å². The molecule has 0 saturated carbocycles. The van der Waals surface area contributed by atoms with Crippen LogP contribution in [0.25, 0.3) is 0 Å². The Morgan fingerprint density at radius 3 is 1.50 bits per heavy atom. The molecule has 0 bridgehead atoms. The van der Waals surface area contributed by atoms with Gasteiger partial charge in [-0.25, -0.2) is 0 Å². The molecule has 4 heavy (non-hydrogen) atoms. The Hall–Kier alpha value is -0.150. The molecular formula is CH2FO2. The van der Waals surface area contributed by atoms with Crippen molar-refractivity contribution in [3.63, 3.8) is 0 Å². The van der Waals surface area contributed by atoms with Gasteiger partial charge in [-0.15, -0.1) is 0 Å². The first kappa shape index (κ1) is 3.85. The summed E-state index contributed by atoms with van der Waals surface area (Å²) in [6, 6.07) is 0.